The fourth-order valence-electron chi connectivity index (χ4n) is 1.93. The van der Waals surface area contributed by atoms with Gasteiger partial charge in [-0.15, -0.1) is 0 Å². The number of rotatable bonds is 4. The van der Waals surface area contributed by atoms with Crippen LogP contribution in [-0.2, 0) is 16.1 Å². The monoisotopic (exact) mass is 235 g/mol. The summed E-state index contributed by atoms with van der Waals surface area (Å²) in [6.07, 6.45) is 0.430. The van der Waals surface area contributed by atoms with Crippen LogP contribution >= 0.6 is 0 Å². The smallest absolute Gasteiger partial charge is 0.0937 e. The Bertz CT molecular complexity index is 328. The lowest BCUT2D eigenvalue weighted by Crippen LogP contribution is -2.51. The molecular formula is C14H21NO2. The molecule has 0 aromatic heterocycles. The second-order valence-electron chi connectivity index (χ2n) is 4.66. The molecule has 3 nitrogen and oxygen atoms in total. The molecule has 17 heavy (non-hydrogen) atoms. The molecule has 0 aliphatic carbocycles. The summed E-state index contributed by atoms with van der Waals surface area (Å²) in [4.78, 5) is 0. The molecule has 1 fully saturated rings. The minimum atomic E-state index is 0.171. The minimum absolute atomic E-state index is 0.171. The van der Waals surface area contributed by atoms with Crippen molar-refractivity contribution in [2.75, 3.05) is 13.2 Å². The molecule has 1 aliphatic heterocycles. The van der Waals surface area contributed by atoms with Gasteiger partial charge in [-0.05, 0) is 19.4 Å². The number of ether oxygens (including phenoxy) is 2. The Morgan fingerprint density at radius 2 is 2.06 bits per heavy atom. The molecule has 0 amide bonds. The standard InChI is InChI=1S/C14H21NO2/c1-11-12(2)17-14(8-15-11)10-16-9-13-6-4-3-5-7-13/h3-7,11-12,14-15H,8-10H2,1-2H3. The highest BCUT2D eigenvalue weighted by Crippen LogP contribution is 2.10. The molecule has 3 heteroatoms. The van der Waals surface area contributed by atoms with E-state index in [-0.39, 0.29) is 12.2 Å². The van der Waals surface area contributed by atoms with E-state index in [1.807, 2.05) is 18.2 Å². The third-order valence-corrected chi connectivity index (χ3v) is 3.19. The Labute approximate surface area is 103 Å². The molecule has 1 saturated heterocycles. The van der Waals surface area contributed by atoms with Gasteiger partial charge in [-0.2, -0.15) is 0 Å². The normalized spacial score (nSPS) is 29.2. The van der Waals surface area contributed by atoms with E-state index in [4.69, 9.17) is 9.47 Å². The van der Waals surface area contributed by atoms with Gasteiger partial charge < -0.3 is 14.8 Å². The van der Waals surface area contributed by atoms with E-state index in [2.05, 4.69) is 31.3 Å². The van der Waals surface area contributed by atoms with Gasteiger partial charge in [0.2, 0.25) is 0 Å². The van der Waals surface area contributed by atoms with Crippen molar-refractivity contribution < 1.29 is 9.47 Å². The fourth-order valence-corrected chi connectivity index (χ4v) is 1.93. The van der Waals surface area contributed by atoms with Gasteiger partial charge >= 0.3 is 0 Å². The van der Waals surface area contributed by atoms with Gasteiger partial charge in [-0.1, -0.05) is 30.3 Å². The van der Waals surface area contributed by atoms with Crippen LogP contribution in [-0.4, -0.2) is 31.4 Å². The Hall–Kier alpha value is -0.900. The van der Waals surface area contributed by atoms with Gasteiger partial charge in [0.1, 0.15) is 0 Å². The van der Waals surface area contributed by atoms with Crippen LogP contribution in [0.5, 0.6) is 0 Å². The number of morpholine rings is 1. The van der Waals surface area contributed by atoms with E-state index in [9.17, 15) is 0 Å². The largest absolute Gasteiger partial charge is 0.374 e. The van der Waals surface area contributed by atoms with Crippen molar-refractivity contribution in [2.24, 2.45) is 0 Å². The van der Waals surface area contributed by atoms with Gasteiger partial charge in [0.05, 0.1) is 25.4 Å². The van der Waals surface area contributed by atoms with E-state index >= 15 is 0 Å². The van der Waals surface area contributed by atoms with Crippen LogP contribution in [0.15, 0.2) is 30.3 Å². The molecule has 0 radical (unpaired) electrons. The fraction of sp³-hybridized carbons (Fsp3) is 0.571. The first-order chi connectivity index (χ1) is 8.25. The maximum atomic E-state index is 5.85. The van der Waals surface area contributed by atoms with Gasteiger partial charge in [-0.25, -0.2) is 0 Å². The maximum absolute atomic E-state index is 5.85. The zero-order chi connectivity index (χ0) is 12.1. The van der Waals surface area contributed by atoms with Crippen LogP contribution in [0.1, 0.15) is 19.4 Å². The molecule has 2 rings (SSSR count). The van der Waals surface area contributed by atoms with Crippen LogP contribution in [0, 0.1) is 0 Å². The first-order valence-electron chi connectivity index (χ1n) is 6.26. The molecule has 1 N–H and O–H groups in total. The molecule has 1 aliphatic rings. The third-order valence-electron chi connectivity index (χ3n) is 3.19. The van der Waals surface area contributed by atoms with Crippen molar-refractivity contribution >= 4 is 0 Å². The Kier molecular flexibility index (Phi) is 4.54. The molecule has 1 aromatic rings. The predicted octanol–water partition coefficient (Wildman–Crippen LogP) is 1.97. The Morgan fingerprint density at radius 3 is 2.76 bits per heavy atom. The summed E-state index contributed by atoms with van der Waals surface area (Å²) in [6.45, 7) is 6.43. The second-order valence-corrected chi connectivity index (χ2v) is 4.66. The summed E-state index contributed by atoms with van der Waals surface area (Å²) < 4.78 is 11.5. The molecule has 0 saturated carbocycles. The first-order valence-corrected chi connectivity index (χ1v) is 6.26. The van der Waals surface area contributed by atoms with Crippen LogP contribution in [0.4, 0.5) is 0 Å². The zero-order valence-corrected chi connectivity index (χ0v) is 10.6. The average Bonchev–Trinajstić information content (AvgIpc) is 2.35. The summed E-state index contributed by atoms with van der Waals surface area (Å²) in [7, 11) is 0. The van der Waals surface area contributed by atoms with Crippen molar-refractivity contribution in [1.82, 2.24) is 5.32 Å². The maximum Gasteiger partial charge on any atom is 0.0937 e. The number of hydrogen-bond donors (Lipinski definition) is 1. The van der Waals surface area contributed by atoms with E-state index in [0.29, 0.717) is 19.3 Å². The Balaban J connectivity index is 1.69. The number of nitrogens with one attached hydrogen (secondary N) is 1. The van der Waals surface area contributed by atoms with Gasteiger partial charge in [0.25, 0.3) is 0 Å². The molecular weight excluding hydrogens is 214 g/mol. The number of hydrogen-bond acceptors (Lipinski definition) is 3. The minimum Gasteiger partial charge on any atom is -0.374 e. The average molecular weight is 235 g/mol. The number of benzene rings is 1. The summed E-state index contributed by atoms with van der Waals surface area (Å²) in [6, 6.07) is 10.7. The van der Waals surface area contributed by atoms with Crippen molar-refractivity contribution in [2.45, 2.75) is 38.7 Å². The van der Waals surface area contributed by atoms with Gasteiger partial charge in [0.15, 0.2) is 0 Å². The highest BCUT2D eigenvalue weighted by molar-refractivity contribution is 5.13. The molecule has 3 unspecified atom stereocenters. The molecule has 3 atom stereocenters. The highest BCUT2D eigenvalue weighted by atomic mass is 16.5. The van der Waals surface area contributed by atoms with Gasteiger partial charge in [-0.3, -0.25) is 0 Å². The highest BCUT2D eigenvalue weighted by Gasteiger charge is 2.24. The summed E-state index contributed by atoms with van der Waals surface area (Å²) in [5.41, 5.74) is 1.21. The van der Waals surface area contributed by atoms with E-state index in [1.54, 1.807) is 0 Å². The predicted molar refractivity (Wildman–Crippen MR) is 67.9 cm³/mol. The topological polar surface area (TPSA) is 30.5 Å². The van der Waals surface area contributed by atoms with Crippen LogP contribution in [0.3, 0.4) is 0 Å². The van der Waals surface area contributed by atoms with E-state index < -0.39 is 0 Å². The van der Waals surface area contributed by atoms with Crippen molar-refractivity contribution in [1.29, 1.82) is 0 Å². The summed E-state index contributed by atoms with van der Waals surface area (Å²) in [5, 5.41) is 3.43. The lowest BCUT2D eigenvalue weighted by Gasteiger charge is -2.33. The lowest BCUT2D eigenvalue weighted by molar-refractivity contribution is -0.0869. The lowest BCUT2D eigenvalue weighted by atomic mass is 10.1. The quantitative estimate of drug-likeness (QED) is 0.865. The molecule has 1 aromatic carbocycles. The Morgan fingerprint density at radius 1 is 1.29 bits per heavy atom. The second kappa shape index (κ2) is 6.15. The molecule has 0 bridgehead atoms. The zero-order valence-electron chi connectivity index (χ0n) is 10.6. The molecule has 0 spiro atoms. The van der Waals surface area contributed by atoms with Gasteiger partial charge in [0, 0.05) is 12.6 Å². The van der Waals surface area contributed by atoms with Crippen molar-refractivity contribution in [3.63, 3.8) is 0 Å². The third kappa shape index (κ3) is 3.80. The van der Waals surface area contributed by atoms with Crippen molar-refractivity contribution in [3.05, 3.63) is 35.9 Å². The molecule has 94 valence electrons. The van der Waals surface area contributed by atoms with E-state index in [0.717, 1.165) is 6.54 Å². The van der Waals surface area contributed by atoms with Crippen LogP contribution in [0.2, 0.25) is 0 Å². The van der Waals surface area contributed by atoms with E-state index in [1.165, 1.54) is 5.56 Å². The van der Waals surface area contributed by atoms with Crippen LogP contribution < -0.4 is 5.32 Å². The summed E-state index contributed by atoms with van der Waals surface area (Å²) in [5.74, 6) is 0. The SMILES string of the molecule is CC1NCC(COCc2ccccc2)OC1C. The van der Waals surface area contributed by atoms with Crippen LogP contribution in [0.25, 0.3) is 0 Å². The molecule has 1 heterocycles. The summed E-state index contributed by atoms with van der Waals surface area (Å²) >= 11 is 0. The van der Waals surface area contributed by atoms with Crippen molar-refractivity contribution in [3.8, 4) is 0 Å². The first kappa shape index (κ1) is 12.6.